The van der Waals surface area contributed by atoms with E-state index in [0.717, 1.165) is 25.2 Å². The molecule has 3 nitrogen and oxygen atoms in total. The Morgan fingerprint density at radius 3 is 2.70 bits per heavy atom. The number of hydrogen-bond acceptors (Lipinski definition) is 2. The van der Waals surface area contributed by atoms with Crippen LogP contribution in [-0.2, 0) is 4.79 Å². The molecule has 0 aromatic heterocycles. The van der Waals surface area contributed by atoms with Crippen molar-refractivity contribution in [2.45, 2.75) is 12.8 Å². The Morgan fingerprint density at radius 2 is 1.95 bits per heavy atom. The molecule has 0 radical (unpaired) electrons. The van der Waals surface area contributed by atoms with Crippen molar-refractivity contribution < 1.29 is 4.79 Å². The Balaban J connectivity index is 1.65. The highest BCUT2D eigenvalue weighted by Gasteiger charge is 2.08. The lowest BCUT2D eigenvalue weighted by Crippen LogP contribution is -2.22. The van der Waals surface area contributed by atoms with Gasteiger partial charge >= 0.3 is 0 Å². The zero-order valence-corrected chi connectivity index (χ0v) is 11.6. The summed E-state index contributed by atoms with van der Waals surface area (Å²) in [6.45, 7) is 3.53. The smallest absolute Gasteiger partial charge is 0.244 e. The van der Waals surface area contributed by atoms with Crippen molar-refractivity contribution in [3.05, 3.63) is 42.0 Å². The van der Waals surface area contributed by atoms with Crippen LogP contribution in [0.25, 0.3) is 6.08 Å². The first-order chi connectivity index (χ1) is 9.84. The fourth-order valence-corrected chi connectivity index (χ4v) is 2.10. The van der Waals surface area contributed by atoms with Crippen LogP contribution >= 0.6 is 0 Å². The van der Waals surface area contributed by atoms with E-state index in [2.05, 4.69) is 22.1 Å². The van der Waals surface area contributed by atoms with Crippen molar-refractivity contribution in [2.75, 3.05) is 26.2 Å². The highest BCUT2D eigenvalue weighted by Crippen LogP contribution is 2.05. The first-order valence-corrected chi connectivity index (χ1v) is 7.03. The van der Waals surface area contributed by atoms with Gasteiger partial charge in [0.2, 0.25) is 5.91 Å². The third kappa shape index (κ3) is 5.29. The van der Waals surface area contributed by atoms with Gasteiger partial charge in [-0.15, -0.1) is 0 Å². The van der Waals surface area contributed by atoms with E-state index in [1.54, 1.807) is 6.08 Å². The van der Waals surface area contributed by atoms with E-state index in [-0.39, 0.29) is 5.91 Å². The van der Waals surface area contributed by atoms with Crippen LogP contribution in [0.3, 0.4) is 0 Å². The molecule has 0 bridgehead atoms. The molecule has 1 aromatic rings. The van der Waals surface area contributed by atoms with Gasteiger partial charge in [-0.05, 0) is 37.6 Å². The summed E-state index contributed by atoms with van der Waals surface area (Å²) in [6.07, 6.45) is 5.90. The predicted octanol–water partition coefficient (Wildman–Crippen LogP) is 1.92. The third-order valence-corrected chi connectivity index (χ3v) is 3.20. The maximum atomic E-state index is 11.6. The number of rotatable bonds is 4. The summed E-state index contributed by atoms with van der Waals surface area (Å²) >= 11 is 0. The molecule has 20 heavy (non-hydrogen) atoms. The van der Waals surface area contributed by atoms with Crippen LogP contribution in [0.5, 0.6) is 0 Å². The van der Waals surface area contributed by atoms with Crippen molar-refractivity contribution >= 4 is 12.0 Å². The topological polar surface area (TPSA) is 32.3 Å². The summed E-state index contributed by atoms with van der Waals surface area (Å²) in [7, 11) is 0. The van der Waals surface area contributed by atoms with E-state index in [1.165, 1.54) is 18.9 Å². The highest BCUT2D eigenvalue weighted by molar-refractivity contribution is 5.91. The number of hydrogen-bond donors (Lipinski definition) is 1. The summed E-state index contributed by atoms with van der Waals surface area (Å²) < 4.78 is 0. The number of likely N-dealkylation sites (tertiary alicyclic amines) is 1. The molecule has 0 aliphatic carbocycles. The molecule has 0 spiro atoms. The van der Waals surface area contributed by atoms with E-state index in [0.29, 0.717) is 6.54 Å². The molecule has 1 aliphatic rings. The second kappa shape index (κ2) is 8.19. The molecular weight excluding hydrogens is 248 g/mol. The summed E-state index contributed by atoms with van der Waals surface area (Å²) in [5.41, 5.74) is 1.02. The third-order valence-electron chi connectivity index (χ3n) is 3.20. The Labute approximate surface area is 120 Å². The van der Waals surface area contributed by atoms with Crippen LogP contribution in [0.2, 0.25) is 0 Å². The molecule has 0 unspecified atom stereocenters. The van der Waals surface area contributed by atoms with Crippen molar-refractivity contribution in [3.8, 4) is 11.8 Å². The minimum Gasteiger partial charge on any atom is -0.342 e. The van der Waals surface area contributed by atoms with Crippen molar-refractivity contribution in [2.24, 2.45) is 0 Å². The number of amides is 1. The average Bonchev–Trinajstić information content (AvgIpc) is 2.99. The van der Waals surface area contributed by atoms with Crippen LogP contribution in [0, 0.1) is 11.8 Å². The number of nitrogens with one attached hydrogen (secondary N) is 1. The normalized spacial score (nSPS) is 15.0. The Morgan fingerprint density at radius 1 is 1.20 bits per heavy atom. The van der Waals surface area contributed by atoms with Gasteiger partial charge in [-0.1, -0.05) is 42.2 Å². The standard InChI is InChI=1S/C17H20N2O/c20-17(11-10-16-8-2-1-3-9-16)18-12-4-5-13-19-14-6-7-15-19/h1-3,8-11H,6-7,12-15H2,(H,18,20). The Bertz CT molecular complexity index is 505. The molecule has 1 aliphatic heterocycles. The SMILES string of the molecule is O=C(C=Cc1ccccc1)NCC#CCN1CCCC1. The second-order valence-corrected chi connectivity index (χ2v) is 4.80. The Hall–Kier alpha value is -2.05. The molecule has 1 heterocycles. The van der Waals surface area contributed by atoms with Gasteiger partial charge in [0.15, 0.2) is 0 Å². The molecule has 104 valence electrons. The molecule has 0 saturated carbocycles. The molecule has 1 N–H and O–H groups in total. The molecule has 1 saturated heterocycles. The van der Waals surface area contributed by atoms with Gasteiger partial charge in [0.25, 0.3) is 0 Å². The summed E-state index contributed by atoms with van der Waals surface area (Å²) in [4.78, 5) is 13.9. The van der Waals surface area contributed by atoms with Crippen LogP contribution in [0.15, 0.2) is 36.4 Å². The zero-order valence-electron chi connectivity index (χ0n) is 11.6. The number of carbonyl (C=O) groups is 1. The largest absolute Gasteiger partial charge is 0.342 e. The van der Waals surface area contributed by atoms with Crippen LogP contribution in [0.4, 0.5) is 0 Å². The van der Waals surface area contributed by atoms with Gasteiger partial charge in [-0.3, -0.25) is 9.69 Å². The lowest BCUT2D eigenvalue weighted by Gasteiger charge is -2.08. The van der Waals surface area contributed by atoms with E-state index in [9.17, 15) is 4.79 Å². The van der Waals surface area contributed by atoms with Crippen molar-refractivity contribution in [1.29, 1.82) is 0 Å². The number of nitrogens with zero attached hydrogens (tertiary/aromatic N) is 1. The monoisotopic (exact) mass is 268 g/mol. The molecule has 1 fully saturated rings. The van der Waals surface area contributed by atoms with Gasteiger partial charge in [-0.2, -0.15) is 0 Å². The first kappa shape index (κ1) is 14.4. The average molecular weight is 268 g/mol. The van der Waals surface area contributed by atoms with Gasteiger partial charge in [0, 0.05) is 6.08 Å². The van der Waals surface area contributed by atoms with Crippen LogP contribution in [0.1, 0.15) is 18.4 Å². The zero-order chi connectivity index (χ0) is 14.0. The van der Waals surface area contributed by atoms with E-state index in [1.807, 2.05) is 30.3 Å². The summed E-state index contributed by atoms with van der Waals surface area (Å²) in [5, 5.41) is 2.76. The van der Waals surface area contributed by atoms with E-state index < -0.39 is 0 Å². The van der Waals surface area contributed by atoms with Crippen LogP contribution in [-0.4, -0.2) is 37.0 Å². The highest BCUT2D eigenvalue weighted by atomic mass is 16.1. The maximum Gasteiger partial charge on any atom is 0.244 e. The minimum absolute atomic E-state index is 0.107. The summed E-state index contributed by atoms with van der Waals surface area (Å²) in [6, 6.07) is 9.76. The van der Waals surface area contributed by atoms with Crippen molar-refractivity contribution in [3.63, 3.8) is 0 Å². The second-order valence-electron chi connectivity index (χ2n) is 4.80. The minimum atomic E-state index is -0.107. The number of carbonyl (C=O) groups excluding carboxylic acids is 1. The summed E-state index contributed by atoms with van der Waals surface area (Å²) in [5.74, 6) is 5.97. The number of benzene rings is 1. The molecule has 3 heteroatoms. The lowest BCUT2D eigenvalue weighted by molar-refractivity contribution is -0.116. The quantitative estimate of drug-likeness (QED) is 0.668. The molecule has 1 aromatic carbocycles. The Kier molecular flexibility index (Phi) is 5.88. The molecule has 2 rings (SSSR count). The first-order valence-electron chi connectivity index (χ1n) is 7.03. The van der Waals surface area contributed by atoms with Crippen molar-refractivity contribution in [1.82, 2.24) is 10.2 Å². The lowest BCUT2D eigenvalue weighted by atomic mass is 10.2. The fourth-order valence-electron chi connectivity index (χ4n) is 2.10. The van der Waals surface area contributed by atoms with E-state index >= 15 is 0 Å². The van der Waals surface area contributed by atoms with E-state index in [4.69, 9.17) is 0 Å². The molecule has 1 amide bonds. The van der Waals surface area contributed by atoms with Gasteiger partial charge in [-0.25, -0.2) is 0 Å². The fraction of sp³-hybridized carbons (Fsp3) is 0.353. The molecular formula is C17H20N2O. The van der Waals surface area contributed by atoms with Gasteiger partial charge < -0.3 is 5.32 Å². The predicted molar refractivity (Wildman–Crippen MR) is 81.9 cm³/mol. The maximum absolute atomic E-state index is 11.6. The molecule has 0 atom stereocenters. The van der Waals surface area contributed by atoms with Gasteiger partial charge in [0.1, 0.15) is 0 Å². The van der Waals surface area contributed by atoms with Crippen LogP contribution < -0.4 is 5.32 Å². The van der Waals surface area contributed by atoms with Gasteiger partial charge in [0.05, 0.1) is 13.1 Å².